The number of hydrogen-bond donors (Lipinski definition) is 1. The number of esters is 1. The molecule has 5 nitrogen and oxygen atoms in total. The van der Waals surface area contributed by atoms with Gasteiger partial charge in [-0.15, -0.1) is 0 Å². The van der Waals surface area contributed by atoms with E-state index in [1.807, 2.05) is 19.1 Å². The quantitative estimate of drug-likeness (QED) is 0.838. The van der Waals surface area contributed by atoms with E-state index in [1.54, 1.807) is 12.1 Å². The number of hydrogen-bond acceptors (Lipinski definition) is 4. The molecule has 1 aromatic carbocycles. The number of primary amides is 1. The zero-order valence-corrected chi connectivity index (χ0v) is 12.4. The summed E-state index contributed by atoms with van der Waals surface area (Å²) in [6.45, 7) is 3.81. The second kappa shape index (κ2) is 7.22. The van der Waals surface area contributed by atoms with E-state index in [0.29, 0.717) is 18.7 Å². The molecule has 1 fully saturated rings. The number of rotatable bonds is 5. The van der Waals surface area contributed by atoms with Crippen molar-refractivity contribution < 1.29 is 14.3 Å². The lowest BCUT2D eigenvalue weighted by atomic mass is 10.0. The van der Waals surface area contributed by atoms with Crippen LogP contribution in [0.3, 0.4) is 0 Å². The Morgan fingerprint density at radius 3 is 2.62 bits per heavy atom. The van der Waals surface area contributed by atoms with Crippen LogP contribution in [-0.4, -0.2) is 36.0 Å². The number of amides is 1. The van der Waals surface area contributed by atoms with Gasteiger partial charge in [0.05, 0.1) is 6.61 Å². The van der Waals surface area contributed by atoms with Crippen molar-refractivity contribution in [2.24, 2.45) is 5.73 Å². The van der Waals surface area contributed by atoms with Gasteiger partial charge in [-0.1, -0.05) is 18.6 Å². The Kier molecular flexibility index (Phi) is 5.33. The van der Waals surface area contributed by atoms with Crippen molar-refractivity contribution in [2.75, 3.05) is 13.2 Å². The maximum Gasteiger partial charge on any atom is 0.323 e. The minimum atomic E-state index is -0.427. The van der Waals surface area contributed by atoms with Crippen LogP contribution < -0.4 is 5.73 Å². The molecule has 0 saturated carbocycles. The standard InChI is InChI=1S/C16H22N2O3/c1-2-21-16(20)14-5-3-4-10-18(14)11-12-6-8-13(9-7-12)15(17)19/h6-9,14H,2-5,10-11H2,1H3,(H2,17,19). The molecule has 2 rings (SSSR count). The number of likely N-dealkylation sites (tertiary alicyclic amines) is 1. The molecule has 114 valence electrons. The molecule has 21 heavy (non-hydrogen) atoms. The maximum absolute atomic E-state index is 12.0. The van der Waals surface area contributed by atoms with Crippen molar-refractivity contribution in [3.63, 3.8) is 0 Å². The Balaban J connectivity index is 2.04. The predicted molar refractivity (Wildman–Crippen MR) is 79.6 cm³/mol. The van der Waals surface area contributed by atoms with Crippen molar-refractivity contribution in [3.8, 4) is 0 Å². The summed E-state index contributed by atoms with van der Waals surface area (Å²) in [6, 6.07) is 7.06. The average molecular weight is 290 g/mol. The Bertz CT molecular complexity index is 499. The number of ether oxygens (including phenoxy) is 1. The fourth-order valence-electron chi connectivity index (χ4n) is 2.69. The zero-order chi connectivity index (χ0) is 15.2. The first-order chi connectivity index (χ1) is 10.1. The lowest BCUT2D eigenvalue weighted by Gasteiger charge is -2.33. The Morgan fingerprint density at radius 1 is 1.29 bits per heavy atom. The van der Waals surface area contributed by atoms with Gasteiger partial charge in [0.15, 0.2) is 0 Å². The summed E-state index contributed by atoms with van der Waals surface area (Å²) in [4.78, 5) is 25.2. The number of nitrogens with zero attached hydrogens (tertiary/aromatic N) is 1. The smallest absolute Gasteiger partial charge is 0.323 e. The van der Waals surface area contributed by atoms with E-state index in [2.05, 4.69) is 4.90 Å². The molecule has 0 bridgehead atoms. The van der Waals surface area contributed by atoms with Gasteiger partial charge in [-0.2, -0.15) is 0 Å². The molecule has 0 radical (unpaired) electrons. The molecular formula is C16H22N2O3. The van der Waals surface area contributed by atoms with Gasteiger partial charge >= 0.3 is 5.97 Å². The number of piperidine rings is 1. The van der Waals surface area contributed by atoms with Crippen LogP contribution in [0.2, 0.25) is 0 Å². The Morgan fingerprint density at radius 2 is 2.00 bits per heavy atom. The lowest BCUT2D eigenvalue weighted by molar-refractivity contribution is -0.151. The van der Waals surface area contributed by atoms with Gasteiger partial charge in [0.1, 0.15) is 6.04 Å². The van der Waals surface area contributed by atoms with Crippen molar-refractivity contribution in [1.29, 1.82) is 0 Å². The van der Waals surface area contributed by atoms with E-state index in [1.165, 1.54) is 0 Å². The normalized spacial score (nSPS) is 19.2. The molecule has 1 aliphatic heterocycles. The summed E-state index contributed by atoms with van der Waals surface area (Å²) < 4.78 is 5.16. The molecule has 0 aromatic heterocycles. The fourth-order valence-corrected chi connectivity index (χ4v) is 2.69. The van der Waals surface area contributed by atoms with E-state index in [-0.39, 0.29) is 12.0 Å². The first-order valence-corrected chi connectivity index (χ1v) is 7.41. The summed E-state index contributed by atoms with van der Waals surface area (Å²) >= 11 is 0. The third kappa shape index (κ3) is 4.04. The van der Waals surface area contributed by atoms with E-state index < -0.39 is 5.91 Å². The van der Waals surface area contributed by atoms with Crippen LogP contribution in [-0.2, 0) is 16.1 Å². The number of benzene rings is 1. The highest BCUT2D eigenvalue weighted by Crippen LogP contribution is 2.21. The molecule has 1 aliphatic rings. The minimum Gasteiger partial charge on any atom is -0.465 e. The van der Waals surface area contributed by atoms with Crippen LogP contribution in [0, 0.1) is 0 Å². The fraction of sp³-hybridized carbons (Fsp3) is 0.500. The summed E-state index contributed by atoms with van der Waals surface area (Å²) in [6.07, 6.45) is 2.99. The molecule has 1 saturated heterocycles. The molecule has 0 aliphatic carbocycles. The van der Waals surface area contributed by atoms with Crippen LogP contribution in [0.25, 0.3) is 0 Å². The maximum atomic E-state index is 12.0. The van der Waals surface area contributed by atoms with Crippen LogP contribution in [0.5, 0.6) is 0 Å². The molecule has 1 heterocycles. The van der Waals surface area contributed by atoms with Gasteiger partial charge in [0.25, 0.3) is 0 Å². The third-order valence-corrected chi connectivity index (χ3v) is 3.80. The molecule has 1 atom stereocenters. The first-order valence-electron chi connectivity index (χ1n) is 7.41. The van der Waals surface area contributed by atoms with Gasteiger partial charge in [-0.05, 0) is 44.0 Å². The second-order valence-corrected chi connectivity index (χ2v) is 5.30. The van der Waals surface area contributed by atoms with Gasteiger partial charge in [-0.3, -0.25) is 14.5 Å². The van der Waals surface area contributed by atoms with Crippen LogP contribution >= 0.6 is 0 Å². The predicted octanol–water partition coefficient (Wildman–Crippen LogP) is 1.70. The number of carbonyl (C=O) groups excluding carboxylic acids is 2. The van der Waals surface area contributed by atoms with Crippen LogP contribution in [0.4, 0.5) is 0 Å². The van der Waals surface area contributed by atoms with E-state index >= 15 is 0 Å². The Hall–Kier alpha value is -1.88. The molecule has 1 unspecified atom stereocenters. The molecule has 1 aromatic rings. The summed E-state index contributed by atoms with van der Waals surface area (Å²) in [5.41, 5.74) is 6.80. The minimum absolute atomic E-state index is 0.133. The van der Waals surface area contributed by atoms with Crippen molar-refractivity contribution in [1.82, 2.24) is 4.90 Å². The third-order valence-electron chi connectivity index (χ3n) is 3.80. The lowest BCUT2D eigenvalue weighted by Crippen LogP contribution is -2.44. The molecule has 0 spiro atoms. The van der Waals surface area contributed by atoms with E-state index in [4.69, 9.17) is 10.5 Å². The van der Waals surface area contributed by atoms with E-state index in [0.717, 1.165) is 31.4 Å². The molecule has 1 amide bonds. The molecular weight excluding hydrogens is 268 g/mol. The van der Waals surface area contributed by atoms with E-state index in [9.17, 15) is 9.59 Å². The zero-order valence-electron chi connectivity index (χ0n) is 12.4. The van der Waals surface area contributed by atoms with Gasteiger partial charge in [0.2, 0.25) is 5.91 Å². The average Bonchev–Trinajstić information content (AvgIpc) is 2.48. The highest BCUT2D eigenvalue weighted by molar-refractivity contribution is 5.92. The van der Waals surface area contributed by atoms with Crippen molar-refractivity contribution in [2.45, 2.75) is 38.8 Å². The molecule has 2 N–H and O–H groups in total. The molecule has 5 heteroatoms. The highest BCUT2D eigenvalue weighted by atomic mass is 16.5. The van der Waals surface area contributed by atoms with Crippen LogP contribution in [0.15, 0.2) is 24.3 Å². The van der Waals surface area contributed by atoms with Crippen molar-refractivity contribution >= 4 is 11.9 Å². The summed E-state index contributed by atoms with van der Waals surface area (Å²) in [5.74, 6) is -0.560. The monoisotopic (exact) mass is 290 g/mol. The summed E-state index contributed by atoms with van der Waals surface area (Å²) in [7, 11) is 0. The topological polar surface area (TPSA) is 72.6 Å². The van der Waals surface area contributed by atoms with Gasteiger partial charge < -0.3 is 10.5 Å². The Labute approximate surface area is 125 Å². The SMILES string of the molecule is CCOC(=O)C1CCCCN1Cc1ccc(C(N)=O)cc1. The number of nitrogens with two attached hydrogens (primary N) is 1. The van der Waals surface area contributed by atoms with Crippen molar-refractivity contribution in [3.05, 3.63) is 35.4 Å². The largest absolute Gasteiger partial charge is 0.465 e. The first kappa shape index (κ1) is 15.5. The highest BCUT2D eigenvalue weighted by Gasteiger charge is 2.29. The second-order valence-electron chi connectivity index (χ2n) is 5.30. The van der Waals surface area contributed by atoms with Crippen LogP contribution in [0.1, 0.15) is 42.1 Å². The van der Waals surface area contributed by atoms with Gasteiger partial charge in [-0.25, -0.2) is 0 Å². The number of carbonyl (C=O) groups is 2. The summed E-state index contributed by atoms with van der Waals surface area (Å²) in [5, 5.41) is 0. The van der Waals surface area contributed by atoms with Gasteiger partial charge in [0, 0.05) is 12.1 Å².